The number of carbonyl (C=O) groups is 1. The van der Waals surface area contributed by atoms with Crippen LogP contribution in [0.25, 0.3) is 0 Å². The first kappa shape index (κ1) is 23.3. The molecule has 0 saturated heterocycles. The predicted molar refractivity (Wildman–Crippen MR) is 117 cm³/mol. The zero-order valence-corrected chi connectivity index (χ0v) is 17.6. The molecular weight excluding hydrogens is 453 g/mol. The standard InChI is InChI=1S/C22H16FN3O6S/c23-14-5-9-16(10-6-14)32-21-4-2-1-3-18(21)19(24)13-20(25)22(27)33(30,31)17-11-7-15(8-12-17)26(28)29/h1-13,24H,25H2. The molecule has 0 spiro atoms. The molecule has 11 heteroatoms. The molecule has 3 aromatic carbocycles. The molecule has 0 aliphatic rings. The van der Waals surface area contributed by atoms with Gasteiger partial charge in [-0.1, -0.05) is 12.1 Å². The second-order valence-corrected chi connectivity index (χ2v) is 8.46. The number of sulfone groups is 1. The number of benzene rings is 3. The number of rotatable bonds is 7. The van der Waals surface area contributed by atoms with Crippen LogP contribution in [0, 0.1) is 21.3 Å². The molecule has 0 radical (unpaired) electrons. The van der Waals surface area contributed by atoms with Gasteiger partial charge in [0.05, 0.1) is 21.2 Å². The number of nitrogens with one attached hydrogen (secondary N) is 1. The van der Waals surface area contributed by atoms with Gasteiger partial charge >= 0.3 is 0 Å². The fourth-order valence-corrected chi connectivity index (χ4v) is 3.79. The third kappa shape index (κ3) is 5.28. The van der Waals surface area contributed by atoms with Gasteiger partial charge in [-0.3, -0.25) is 14.9 Å². The lowest BCUT2D eigenvalue weighted by Crippen LogP contribution is -2.23. The van der Waals surface area contributed by atoms with Crippen LogP contribution in [0.5, 0.6) is 11.5 Å². The van der Waals surface area contributed by atoms with Crippen molar-refractivity contribution in [1.29, 1.82) is 5.41 Å². The lowest BCUT2D eigenvalue weighted by molar-refractivity contribution is -0.384. The quantitative estimate of drug-likeness (QED) is 0.231. The third-order valence-corrected chi connectivity index (χ3v) is 5.97. The van der Waals surface area contributed by atoms with Gasteiger partial charge in [0.2, 0.25) is 9.84 Å². The smallest absolute Gasteiger partial charge is 0.297 e. The average molecular weight is 469 g/mol. The SMILES string of the molecule is N=C(C=C(N)C(=O)S(=O)(=O)c1ccc([N+](=O)[O-])cc1)c1ccccc1Oc1ccc(F)cc1. The van der Waals surface area contributed by atoms with Gasteiger partial charge in [-0.05, 0) is 54.6 Å². The van der Waals surface area contributed by atoms with E-state index in [0.29, 0.717) is 5.75 Å². The number of carbonyl (C=O) groups excluding carboxylic acids is 1. The van der Waals surface area contributed by atoms with Crippen molar-refractivity contribution in [2.24, 2.45) is 5.73 Å². The van der Waals surface area contributed by atoms with Crippen molar-refractivity contribution in [3.8, 4) is 11.5 Å². The topological polar surface area (TPSA) is 153 Å². The number of halogens is 1. The Bertz CT molecular complexity index is 1370. The largest absolute Gasteiger partial charge is 0.457 e. The molecule has 33 heavy (non-hydrogen) atoms. The fourth-order valence-electron chi connectivity index (χ4n) is 2.71. The molecule has 0 unspecified atom stereocenters. The molecule has 3 aromatic rings. The van der Waals surface area contributed by atoms with Gasteiger partial charge in [0.1, 0.15) is 17.3 Å². The number of nitro benzene ring substituents is 1. The maximum atomic E-state index is 13.1. The zero-order valence-electron chi connectivity index (χ0n) is 16.8. The Morgan fingerprint density at radius 2 is 1.64 bits per heavy atom. The molecule has 0 heterocycles. The number of non-ortho nitro benzene ring substituents is 1. The van der Waals surface area contributed by atoms with E-state index in [4.69, 9.17) is 15.9 Å². The Morgan fingerprint density at radius 3 is 2.24 bits per heavy atom. The van der Waals surface area contributed by atoms with Crippen LogP contribution < -0.4 is 10.5 Å². The summed E-state index contributed by atoms with van der Waals surface area (Å²) in [5.41, 5.74) is 4.50. The number of nitrogens with two attached hydrogens (primary N) is 1. The van der Waals surface area contributed by atoms with Crippen LogP contribution >= 0.6 is 0 Å². The van der Waals surface area contributed by atoms with E-state index in [1.165, 1.54) is 36.4 Å². The van der Waals surface area contributed by atoms with Gasteiger partial charge in [0.15, 0.2) is 0 Å². The van der Waals surface area contributed by atoms with Gasteiger partial charge in [-0.15, -0.1) is 0 Å². The van der Waals surface area contributed by atoms with Crippen LogP contribution in [0.15, 0.2) is 89.5 Å². The molecule has 0 aliphatic heterocycles. The first-order chi connectivity index (χ1) is 15.6. The van der Waals surface area contributed by atoms with Gasteiger partial charge < -0.3 is 15.9 Å². The highest BCUT2D eigenvalue weighted by Crippen LogP contribution is 2.26. The Hall–Kier alpha value is -4.38. The summed E-state index contributed by atoms with van der Waals surface area (Å²) in [6.45, 7) is 0. The summed E-state index contributed by atoms with van der Waals surface area (Å²) in [5, 5.41) is 17.5. The van der Waals surface area contributed by atoms with Crippen LogP contribution in [0.1, 0.15) is 5.56 Å². The van der Waals surface area contributed by atoms with E-state index >= 15 is 0 Å². The van der Waals surface area contributed by atoms with Crippen molar-refractivity contribution in [2.75, 3.05) is 0 Å². The molecule has 0 atom stereocenters. The molecule has 0 aliphatic carbocycles. The Balaban J connectivity index is 1.86. The van der Waals surface area contributed by atoms with Crippen LogP contribution in [0.3, 0.4) is 0 Å². The van der Waals surface area contributed by atoms with Gasteiger partial charge in [0.25, 0.3) is 10.8 Å². The highest BCUT2D eigenvalue weighted by molar-refractivity contribution is 8.06. The highest BCUT2D eigenvalue weighted by atomic mass is 32.2. The minimum Gasteiger partial charge on any atom is -0.457 e. The number of hydrogen-bond acceptors (Lipinski definition) is 8. The summed E-state index contributed by atoms with van der Waals surface area (Å²) >= 11 is 0. The Morgan fingerprint density at radius 1 is 1.03 bits per heavy atom. The lowest BCUT2D eigenvalue weighted by atomic mass is 10.1. The van der Waals surface area contributed by atoms with Crippen LogP contribution in [-0.4, -0.2) is 24.2 Å². The second-order valence-electron chi connectivity index (χ2n) is 6.61. The average Bonchev–Trinajstić information content (AvgIpc) is 2.80. The van der Waals surface area contributed by atoms with E-state index in [0.717, 1.165) is 30.3 Å². The predicted octanol–water partition coefficient (Wildman–Crippen LogP) is 3.74. The van der Waals surface area contributed by atoms with Crippen LogP contribution in [0.2, 0.25) is 0 Å². The molecule has 0 fully saturated rings. The molecule has 9 nitrogen and oxygen atoms in total. The summed E-state index contributed by atoms with van der Waals surface area (Å²) in [6, 6.07) is 15.2. The fraction of sp³-hybridized carbons (Fsp3) is 0. The normalized spacial score (nSPS) is 11.6. The van der Waals surface area contributed by atoms with Crippen molar-refractivity contribution < 1.29 is 27.3 Å². The molecule has 0 saturated carbocycles. The first-order valence-electron chi connectivity index (χ1n) is 9.22. The summed E-state index contributed by atoms with van der Waals surface area (Å²) in [5.74, 6) is 0.0427. The highest BCUT2D eigenvalue weighted by Gasteiger charge is 2.28. The minimum atomic E-state index is -4.59. The maximum absolute atomic E-state index is 13.1. The number of nitrogens with zero attached hydrogens (tertiary/aromatic N) is 1. The number of nitro groups is 1. The minimum absolute atomic E-state index is 0.198. The third-order valence-electron chi connectivity index (χ3n) is 4.36. The van der Waals surface area contributed by atoms with E-state index in [9.17, 15) is 27.7 Å². The van der Waals surface area contributed by atoms with Crippen LogP contribution in [0.4, 0.5) is 10.1 Å². The van der Waals surface area contributed by atoms with Crippen molar-refractivity contribution >= 4 is 26.4 Å². The number of ether oxygens (including phenoxy) is 1. The van der Waals surface area contributed by atoms with Crippen molar-refractivity contribution in [3.63, 3.8) is 0 Å². The second kappa shape index (κ2) is 9.40. The monoisotopic (exact) mass is 469 g/mol. The molecular formula is C22H16FN3O6S. The number of allylic oxidation sites excluding steroid dienone is 1. The van der Waals surface area contributed by atoms with Gasteiger partial charge in [-0.2, -0.15) is 0 Å². The summed E-state index contributed by atoms with van der Waals surface area (Å²) < 4.78 is 43.8. The number of hydrogen-bond donors (Lipinski definition) is 2. The van der Waals surface area contributed by atoms with E-state index in [2.05, 4.69) is 0 Å². The van der Waals surface area contributed by atoms with Gasteiger partial charge in [-0.25, -0.2) is 12.8 Å². The van der Waals surface area contributed by atoms with E-state index in [1.807, 2.05) is 0 Å². The first-order valence-corrected chi connectivity index (χ1v) is 10.7. The lowest BCUT2D eigenvalue weighted by Gasteiger charge is -2.11. The summed E-state index contributed by atoms with van der Waals surface area (Å²) in [4.78, 5) is 22.0. The van der Waals surface area contributed by atoms with Crippen molar-refractivity contribution in [2.45, 2.75) is 4.90 Å². The van der Waals surface area contributed by atoms with E-state index < -0.39 is 36.3 Å². The van der Waals surface area contributed by atoms with E-state index in [-0.39, 0.29) is 22.7 Å². The molecule has 0 aromatic heterocycles. The number of para-hydroxylation sites is 1. The molecule has 0 amide bonds. The van der Waals surface area contributed by atoms with E-state index in [1.54, 1.807) is 12.1 Å². The summed E-state index contributed by atoms with van der Waals surface area (Å²) in [7, 11) is -4.59. The zero-order chi connectivity index (χ0) is 24.2. The maximum Gasteiger partial charge on any atom is 0.297 e. The Labute approximate surface area is 187 Å². The Kier molecular flexibility index (Phi) is 6.64. The van der Waals surface area contributed by atoms with Crippen molar-refractivity contribution in [3.05, 3.63) is 106 Å². The molecule has 168 valence electrons. The van der Waals surface area contributed by atoms with Crippen molar-refractivity contribution in [1.82, 2.24) is 0 Å². The van der Waals surface area contributed by atoms with Gasteiger partial charge in [0, 0.05) is 17.7 Å². The molecule has 0 bridgehead atoms. The van der Waals surface area contributed by atoms with Crippen LogP contribution in [-0.2, 0) is 14.6 Å². The molecule has 3 N–H and O–H groups in total. The summed E-state index contributed by atoms with van der Waals surface area (Å²) in [6.07, 6.45) is 0.873. The molecule has 3 rings (SSSR count).